The highest BCUT2D eigenvalue weighted by Gasteiger charge is 2.52. The summed E-state index contributed by atoms with van der Waals surface area (Å²) in [6.07, 6.45) is 1.23. The van der Waals surface area contributed by atoms with Crippen LogP contribution < -0.4 is 5.32 Å². The minimum absolute atomic E-state index is 0.00802. The SMILES string of the molecule is Cc1ccc(C(=O)O)cc1NC(=O)C1CSC2(C)CCC(=O)N12. The first-order valence-corrected chi connectivity index (χ1v) is 8.41. The number of nitrogens with zero attached hydrogens (tertiary/aromatic N) is 1. The number of aromatic carboxylic acids is 1. The average Bonchev–Trinajstić information content (AvgIpc) is 2.98. The smallest absolute Gasteiger partial charge is 0.335 e. The normalized spacial score (nSPS) is 26.3. The number of hydrogen-bond donors (Lipinski definition) is 2. The Morgan fingerprint density at radius 2 is 2.17 bits per heavy atom. The van der Waals surface area contributed by atoms with Gasteiger partial charge in [-0.1, -0.05) is 6.07 Å². The minimum atomic E-state index is -1.04. The van der Waals surface area contributed by atoms with Gasteiger partial charge in [-0.3, -0.25) is 9.59 Å². The van der Waals surface area contributed by atoms with Crippen LogP contribution in [0, 0.1) is 6.92 Å². The van der Waals surface area contributed by atoms with Gasteiger partial charge in [-0.2, -0.15) is 0 Å². The van der Waals surface area contributed by atoms with Crippen LogP contribution in [0.2, 0.25) is 0 Å². The third kappa shape index (κ3) is 2.69. The first-order chi connectivity index (χ1) is 10.8. The van der Waals surface area contributed by atoms with E-state index in [1.165, 1.54) is 12.1 Å². The molecule has 7 heteroatoms. The molecule has 1 aromatic carbocycles. The topological polar surface area (TPSA) is 86.7 Å². The van der Waals surface area contributed by atoms with E-state index in [0.717, 1.165) is 12.0 Å². The van der Waals surface area contributed by atoms with Crippen molar-refractivity contribution in [3.8, 4) is 0 Å². The molecule has 0 aromatic heterocycles. The van der Waals surface area contributed by atoms with Crippen LogP contribution in [0.4, 0.5) is 5.69 Å². The van der Waals surface area contributed by atoms with Crippen molar-refractivity contribution in [1.29, 1.82) is 0 Å². The lowest BCUT2D eigenvalue weighted by Gasteiger charge is -2.30. The van der Waals surface area contributed by atoms with Crippen LogP contribution in [-0.2, 0) is 9.59 Å². The molecule has 2 N–H and O–H groups in total. The molecule has 2 atom stereocenters. The van der Waals surface area contributed by atoms with Crippen LogP contribution in [0.25, 0.3) is 0 Å². The van der Waals surface area contributed by atoms with Crippen molar-refractivity contribution >= 4 is 35.2 Å². The summed E-state index contributed by atoms with van der Waals surface area (Å²) in [7, 11) is 0. The molecule has 0 radical (unpaired) electrons. The number of carbonyl (C=O) groups excluding carboxylic acids is 2. The Balaban J connectivity index is 1.81. The highest BCUT2D eigenvalue weighted by atomic mass is 32.2. The van der Waals surface area contributed by atoms with Gasteiger partial charge < -0.3 is 15.3 Å². The fourth-order valence-electron chi connectivity index (χ4n) is 3.12. The van der Waals surface area contributed by atoms with Crippen molar-refractivity contribution in [3.63, 3.8) is 0 Å². The summed E-state index contributed by atoms with van der Waals surface area (Å²) in [5.74, 6) is -0.735. The van der Waals surface area contributed by atoms with E-state index in [0.29, 0.717) is 17.9 Å². The number of fused-ring (bicyclic) bond motifs is 1. The first-order valence-electron chi connectivity index (χ1n) is 7.43. The standard InChI is InChI=1S/C16H18N2O4S/c1-9-3-4-10(15(21)22)7-11(9)17-14(20)12-8-23-16(2)6-5-13(19)18(12)16/h3-4,7,12H,5-6,8H2,1-2H3,(H,17,20)(H,21,22). The van der Waals surface area contributed by atoms with Crippen LogP contribution in [0.1, 0.15) is 35.7 Å². The zero-order valence-corrected chi connectivity index (χ0v) is 13.8. The third-order valence-electron chi connectivity index (χ3n) is 4.49. The molecule has 122 valence electrons. The van der Waals surface area contributed by atoms with Gasteiger partial charge >= 0.3 is 5.97 Å². The Morgan fingerprint density at radius 3 is 2.87 bits per heavy atom. The molecule has 2 fully saturated rings. The summed E-state index contributed by atoms with van der Waals surface area (Å²) in [5.41, 5.74) is 1.37. The van der Waals surface area contributed by atoms with E-state index in [2.05, 4.69) is 5.32 Å². The Bertz CT molecular complexity index is 705. The lowest BCUT2D eigenvalue weighted by molar-refractivity contribution is -0.135. The lowest BCUT2D eigenvalue weighted by Crippen LogP contribution is -2.48. The predicted octanol–water partition coefficient (Wildman–Crippen LogP) is 2.09. The maximum atomic E-state index is 12.6. The van der Waals surface area contributed by atoms with Crippen LogP contribution in [0.15, 0.2) is 18.2 Å². The van der Waals surface area contributed by atoms with Gasteiger partial charge in [-0.25, -0.2) is 4.79 Å². The number of carboxylic acids is 1. The maximum Gasteiger partial charge on any atom is 0.335 e. The molecule has 3 rings (SSSR count). The van der Waals surface area contributed by atoms with E-state index in [4.69, 9.17) is 5.11 Å². The number of nitrogens with one attached hydrogen (secondary N) is 1. The van der Waals surface area contributed by atoms with Gasteiger partial charge in [0.2, 0.25) is 11.8 Å². The van der Waals surface area contributed by atoms with Crippen LogP contribution in [-0.4, -0.2) is 44.5 Å². The molecular formula is C16H18N2O4S. The number of carbonyl (C=O) groups is 3. The number of amides is 2. The van der Waals surface area contributed by atoms with Crippen molar-refractivity contribution in [3.05, 3.63) is 29.3 Å². The van der Waals surface area contributed by atoms with Crippen molar-refractivity contribution in [2.45, 2.75) is 37.6 Å². The molecule has 2 amide bonds. The van der Waals surface area contributed by atoms with Gasteiger partial charge in [0, 0.05) is 17.9 Å². The van der Waals surface area contributed by atoms with Gasteiger partial charge in [0.1, 0.15) is 6.04 Å². The molecule has 0 bridgehead atoms. The molecule has 0 aliphatic carbocycles. The summed E-state index contributed by atoms with van der Waals surface area (Å²) in [4.78, 5) is 37.2. The number of carboxylic acid groups (broad SMARTS) is 1. The molecule has 0 spiro atoms. The van der Waals surface area contributed by atoms with Crippen molar-refractivity contribution in [1.82, 2.24) is 4.90 Å². The Hall–Kier alpha value is -2.02. The monoisotopic (exact) mass is 334 g/mol. The van der Waals surface area contributed by atoms with Gasteiger partial charge in [0.05, 0.1) is 10.4 Å². The van der Waals surface area contributed by atoms with Crippen molar-refractivity contribution in [2.24, 2.45) is 0 Å². The zero-order chi connectivity index (χ0) is 16.8. The molecule has 2 aliphatic rings. The fourth-order valence-corrected chi connectivity index (χ4v) is 4.55. The van der Waals surface area contributed by atoms with E-state index >= 15 is 0 Å². The van der Waals surface area contributed by atoms with Crippen LogP contribution in [0.5, 0.6) is 0 Å². The van der Waals surface area contributed by atoms with E-state index in [9.17, 15) is 14.4 Å². The highest BCUT2D eigenvalue weighted by Crippen LogP contribution is 2.47. The summed E-state index contributed by atoms with van der Waals surface area (Å²) in [6.45, 7) is 3.79. The predicted molar refractivity (Wildman–Crippen MR) is 87.5 cm³/mol. The maximum absolute atomic E-state index is 12.6. The largest absolute Gasteiger partial charge is 0.478 e. The summed E-state index contributed by atoms with van der Waals surface area (Å²) in [6, 6.07) is 4.10. The Kier molecular flexibility index (Phi) is 3.83. The van der Waals surface area contributed by atoms with E-state index in [1.54, 1.807) is 29.7 Å². The fraction of sp³-hybridized carbons (Fsp3) is 0.438. The van der Waals surface area contributed by atoms with Gasteiger partial charge in [-0.05, 0) is 38.0 Å². The second-order valence-electron chi connectivity index (χ2n) is 6.09. The molecule has 2 aliphatic heterocycles. The third-order valence-corrected chi connectivity index (χ3v) is 6.00. The second kappa shape index (κ2) is 5.56. The molecule has 0 saturated carbocycles. The van der Waals surface area contributed by atoms with Crippen molar-refractivity contribution in [2.75, 3.05) is 11.1 Å². The van der Waals surface area contributed by atoms with Crippen LogP contribution in [0.3, 0.4) is 0 Å². The molecule has 2 heterocycles. The Labute approximate surface area is 138 Å². The number of aryl methyl sites for hydroxylation is 1. The van der Waals surface area contributed by atoms with Gasteiger partial charge in [0.25, 0.3) is 0 Å². The lowest BCUT2D eigenvalue weighted by atomic mass is 10.1. The quantitative estimate of drug-likeness (QED) is 0.884. The van der Waals surface area contributed by atoms with Gasteiger partial charge in [0.15, 0.2) is 0 Å². The number of benzene rings is 1. The molecular weight excluding hydrogens is 316 g/mol. The van der Waals surface area contributed by atoms with Crippen molar-refractivity contribution < 1.29 is 19.5 Å². The molecule has 6 nitrogen and oxygen atoms in total. The van der Waals surface area contributed by atoms with E-state index in [1.807, 2.05) is 6.92 Å². The summed E-state index contributed by atoms with van der Waals surface area (Å²) >= 11 is 1.63. The molecule has 2 saturated heterocycles. The molecule has 23 heavy (non-hydrogen) atoms. The van der Waals surface area contributed by atoms with Gasteiger partial charge in [-0.15, -0.1) is 11.8 Å². The van der Waals surface area contributed by atoms with E-state index < -0.39 is 12.0 Å². The van der Waals surface area contributed by atoms with Crippen LogP contribution >= 0.6 is 11.8 Å². The first kappa shape index (κ1) is 15.9. The van der Waals surface area contributed by atoms with E-state index in [-0.39, 0.29) is 22.2 Å². The number of rotatable bonds is 3. The highest BCUT2D eigenvalue weighted by molar-refractivity contribution is 8.01. The number of thioether (sulfide) groups is 1. The zero-order valence-electron chi connectivity index (χ0n) is 13.0. The molecule has 1 aromatic rings. The number of anilines is 1. The second-order valence-corrected chi connectivity index (χ2v) is 7.59. The summed E-state index contributed by atoms with van der Waals surface area (Å²) < 4.78 is 0. The number of hydrogen-bond acceptors (Lipinski definition) is 4. The molecule has 2 unspecified atom stereocenters. The average molecular weight is 334 g/mol. The Morgan fingerprint density at radius 1 is 1.43 bits per heavy atom. The minimum Gasteiger partial charge on any atom is -0.478 e. The summed E-state index contributed by atoms with van der Waals surface area (Å²) in [5, 5.41) is 11.9.